The Morgan fingerprint density at radius 3 is 2.72 bits per heavy atom. The lowest BCUT2D eigenvalue weighted by Gasteiger charge is -2.11. The molecule has 18 heavy (non-hydrogen) atoms. The van der Waals surface area contributed by atoms with Gasteiger partial charge in [-0.2, -0.15) is 0 Å². The van der Waals surface area contributed by atoms with Crippen LogP contribution >= 0.6 is 11.6 Å². The molecule has 2 aromatic rings. The first-order valence-electron chi connectivity index (χ1n) is 5.64. The topological polar surface area (TPSA) is 37.8 Å². The zero-order chi connectivity index (χ0) is 13.1. The highest BCUT2D eigenvalue weighted by molar-refractivity contribution is 6.30. The second-order valence-electron chi connectivity index (χ2n) is 3.78. The molecule has 3 nitrogen and oxygen atoms in total. The van der Waals surface area contributed by atoms with Crippen LogP contribution in [0.1, 0.15) is 12.5 Å². The van der Waals surface area contributed by atoms with Crippen molar-refractivity contribution in [2.24, 2.45) is 0 Å². The van der Waals surface area contributed by atoms with Crippen molar-refractivity contribution < 1.29 is 4.39 Å². The van der Waals surface area contributed by atoms with Crippen LogP contribution in [0.5, 0.6) is 0 Å². The molecule has 0 bridgehead atoms. The van der Waals surface area contributed by atoms with Crippen LogP contribution in [0, 0.1) is 5.82 Å². The van der Waals surface area contributed by atoms with Crippen LogP contribution in [0.15, 0.2) is 24.5 Å². The molecule has 0 unspecified atom stereocenters. The normalized spacial score (nSPS) is 10.4. The van der Waals surface area contributed by atoms with Crippen LogP contribution in [-0.4, -0.2) is 17.0 Å². The van der Waals surface area contributed by atoms with Gasteiger partial charge in [0.25, 0.3) is 0 Å². The molecule has 0 aliphatic rings. The van der Waals surface area contributed by atoms with E-state index in [2.05, 4.69) is 15.3 Å². The lowest BCUT2D eigenvalue weighted by atomic mass is 10.0. The van der Waals surface area contributed by atoms with Crippen LogP contribution in [0.2, 0.25) is 5.02 Å². The van der Waals surface area contributed by atoms with E-state index in [4.69, 9.17) is 11.6 Å². The molecule has 94 valence electrons. The van der Waals surface area contributed by atoms with Gasteiger partial charge in [0.2, 0.25) is 0 Å². The number of hydrogen-bond acceptors (Lipinski definition) is 3. The quantitative estimate of drug-likeness (QED) is 0.922. The van der Waals surface area contributed by atoms with Crippen molar-refractivity contribution in [1.82, 2.24) is 9.97 Å². The maximum absolute atomic E-state index is 13.9. The van der Waals surface area contributed by atoms with Crippen LogP contribution < -0.4 is 5.32 Å². The van der Waals surface area contributed by atoms with Gasteiger partial charge in [0.1, 0.15) is 18.0 Å². The molecule has 0 aliphatic carbocycles. The Bertz CT molecular complexity index is 572. The highest BCUT2D eigenvalue weighted by Crippen LogP contribution is 2.29. The van der Waals surface area contributed by atoms with Gasteiger partial charge in [-0.1, -0.05) is 18.5 Å². The Hall–Kier alpha value is -1.68. The van der Waals surface area contributed by atoms with Gasteiger partial charge < -0.3 is 5.32 Å². The monoisotopic (exact) mass is 265 g/mol. The minimum atomic E-state index is -0.377. The van der Waals surface area contributed by atoms with Crippen LogP contribution in [0.4, 0.5) is 10.2 Å². The molecular weight excluding hydrogens is 253 g/mol. The number of hydrogen-bond donors (Lipinski definition) is 1. The third-order valence-electron chi connectivity index (χ3n) is 2.72. The second-order valence-corrected chi connectivity index (χ2v) is 4.21. The molecule has 1 N–H and O–H groups in total. The Balaban J connectivity index is 2.63. The molecule has 2 rings (SSSR count). The fraction of sp³-hybridized carbons (Fsp3) is 0.231. The van der Waals surface area contributed by atoms with Gasteiger partial charge in [0.05, 0.1) is 5.69 Å². The summed E-state index contributed by atoms with van der Waals surface area (Å²) >= 11 is 5.75. The third kappa shape index (κ3) is 2.29. The van der Waals surface area contributed by atoms with E-state index in [1.54, 1.807) is 19.2 Å². The van der Waals surface area contributed by atoms with E-state index in [0.29, 0.717) is 22.7 Å². The number of aromatic nitrogens is 2. The van der Waals surface area contributed by atoms with Crippen molar-refractivity contribution in [1.29, 1.82) is 0 Å². The molecular formula is C13H13ClFN3. The number of rotatable bonds is 3. The SMILES string of the molecule is CCc1c(NC)ncnc1-c1ccc(Cl)cc1F. The summed E-state index contributed by atoms with van der Waals surface area (Å²) in [6.45, 7) is 1.98. The summed E-state index contributed by atoms with van der Waals surface area (Å²) in [4.78, 5) is 8.32. The van der Waals surface area contributed by atoms with E-state index < -0.39 is 0 Å². The smallest absolute Gasteiger partial charge is 0.134 e. The van der Waals surface area contributed by atoms with Gasteiger partial charge in [-0.05, 0) is 24.6 Å². The minimum Gasteiger partial charge on any atom is -0.373 e. The van der Waals surface area contributed by atoms with Crippen LogP contribution in [-0.2, 0) is 6.42 Å². The lowest BCUT2D eigenvalue weighted by molar-refractivity contribution is 0.630. The summed E-state index contributed by atoms with van der Waals surface area (Å²) < 4.78 is 13.9. The van der Waals surface area contributed by atoms with E-state index in [-0.39, 0.29) is 5.82 Å². The van der Waals surface area contributed by atoms with E-state index in [1.807, 2.05) is 6.92 Å². The van der Waals surface area contributed by atoms with Gasteiger partial charge in [0.15, 0.2) is 0 Å². The Kier molecular flexibility index (Phi) is 3.77. The molecule has 5 heteroatoms. The molecule has 0 aliphatic heterocycles. The van der Waals surface area contributed by atoms with Gasteiger partial charge in [-0.3, -0.25) is 0 Å². The number of halogens is 2. The largest absolute Gasteiger partial charge is 0.373 e. The first-order chi connectivity index (χ1) is 8.67. The van der Waals surface area contributed by atoms with Crippen LogP contribution in [0.25, 0.3) is 11.3 Å². The Morgan fingerprint density at radius 1 is 1.33 bits per heavy atom. The van der Waals surface area contributed by atoms with Crippen molar-refractivity contribution >= 4 is 17.4 Å². The third-order valence-corrected chi connectivity index (χ3v) is 2.96. The molecule has 0 saturated carbocycles. The fourth-order valence-electron chi connectivity index (χ4n) is 1.88. The lowest BCUT2D eigenvalue weighted by Crippen LogP contribution is -2.03. The van der Waals surface area contributed by atoms with Crippen molar-refractivity contribution in [3.8, 4) is 11.3 Å². The molecule has 0 fully saturated rings. The Morgan fingerprint density at radius 2 is 2.11 bits per heavy atom. The fourth-order valence-corrected chi connectivity index (χ4v) is 2.04. The van der Waals surface area contributed by atoms with Gasteiger partial charge in [-0.15, -0.1) is 0 Å². The van der Waals surface area contributed by atoms with Crippen LogP contribution in [0.3, 0.4) is 0 Å². The molecule has 1 heterocycles. The molecule has 1 aromatic heterocycles. The standard InChI is InChI=1S/C13H13ClFN3/c1-3-9-12(17-7-18-13(9)16-2)10-5-4-8(14)6-11(10)15/h4-7H,3H2,1-2H3,(H,16,17,18). The maximum atomic E-state index is 13.9. The number of anilines is 1. The molecule has 0 amide bonds. The zero-order valence-electron chi connectivity index (χ0n) is 10.2. The molecule has 0 radical (unpaired) electrons. The average Bonchev–Trinajstić information content (AvgIpc) is 2.37. The first-order valence-corrected chi connectivity index (χ1v) is 6.02. The maximum Gasteiger partial charge on any atom is 0.134 e. The summed E-state index contributed by atoms with van der Waals surface area (Å²) in [5.74, 6) is 0.342. The molecule has 0 atom stereocenters. The second kappa shape index (κ2) is 5.31. The molecule has 1 aromatic carbocycles. The van der Waals surface area contributed by atoms with Gasteiger partial charge in [0, 0.05) is 23.2 Å². The number of benzene rings is 1. The van der Waals surface area contributed by atoms with Gasteiger partial charge >= 0.3 is 0 Å². The van der Waals surface area contributed by atoms with Crippen molar-refractivity contribution in [2.45, 2.75) is 13.3 Å². The number of nitrogens with zero attached hydrogens (tertiary/aromatic N) is 2. The first kappa shape index (κ1) is 12.8. The summed E-state index contributed by atoms with van der Waals surface area (Å²) in [7, 11) is 1.78. The molecule has 0 saturated heterocycles. The summed E-state index contributed by atoms with van der Waals surface area (Å²) in [6.07, 6.45) is 2.14. The predicted molar refractivity (Wildman–Crippen MR) is 71.4 cm³/mol. The molecule has 0 spiro atoms. The van der Waals surface area contributed by atoms with E-state index in [9.17, 15) is 4.39 Å². The predicted octanol–water partition coefficient (Wildman–Crippen LogP) is 3.54. The summed E-state index contributed by atoms with van der Waals surface area (Å²) in [5, 5.41) is 3.36. The van der Waals surface area contributed by atoms with Crippen molar-refractivity contribution in [3.63, 3.8) is 0 Å². The van der Waals surface area contributed by atoms with E-state index in [1.165, 1.54) is 12.4 Å². The van der Waals surface area contributed by atoms with Crippen molar-refractivity contribution in [2.75, 3.05) is 12.4 Å². The highest BCUT2D eigenvalue weighted by Gasteiger charge is 2.14. The highest BCUT2D eigenvalue weighted by atomic mass is 35.5. The summed E-state index contributed by atoms with van der Waals surface area (Å²) in [6, 6.07) is 4.58. The Labute approximate surface area is 110 Å². The van der Waals surface area contributed by atoms with E-state index in [0.717, 1.165) is 11.4 Å². The van der Waals surface area contributed by atoms with Gasteiger partial charge in [-0.25, -0.2) is 14.4 Å². The van der Waals surface area contributed by atoms with Crippen molar-refractivity contribution in [3.05, 3.63) is 40.9 Å². The zero-order valence-corrected chi connectivity index (χ0v) is 10.9. The van der Waals surface area contributed by atoms with E-state index >= 15 is 0 Å². The number of nitrogens with one attached hydrogen (secondary N) is 1. The summed E-state index contributed by atoms with van der Waals surface area (Å²) in [5.41, 5.74) is 1.93. The minimum absolute atomic E-state index is 0.372. The average molecular weight is 266 g/mol.